The Morgan fingerprint density at radius 3 is 2.64 bits per heavy atom. The van der Waals surface area contributed by atoms with Gasteiger partial charge in [-0.25, -0.2) is 0 Å². The Bertz CT molecular complexity index is 778. The minimum atomic E-state index is 0.692. The van der Waals surface area contributed by atoms with Gasteiger partial charge in [-0.1, -0.05) is 6.07 Å². The van der Waals surface area contributed by atoms with E-state index in [0.717, 1.165) is 28.2 Å². The van der Waals surface area contributed by atoms with E-state index in [4.69, 9.17) is 4.98 Å². The normalized spacial score (nSPS) is 10.9. The number of pyridine rings is 1. The summed E-state index contributed by atoms with van der Waals surface area (Å²) in [6.07, 6.45) is 1.81. The summed E-state index contributed by atoms with van der Waals surface area (Å²) in [5, 5.41) is 1.03. The van der Waals surface area contributed by atoms with Crippen molar-refractivity contribution in [1.29, 1.82) is 0 Å². The number of rotatable bonds is 4. The first kappa shape index (κ1) is 14.3. The van der Waals surface area contributed by atoms with Crippen LogP contribution in [0.1, 0.15) is 11.4 Å². The van der Waals surface area contributed by atoms with Crippen LogP contribution in [0.3, 0.4) is 0 Å². The first-order valence-corrected chi connectivity index (χ1v) is 7.20. The molecule has 3 rings (SSSR count). The zero-order valence-corrected chi connectivity index (χ0v) is 13.3. The molecule has 3 aromatic rings. The highest BCUT2D eigenvalue weighted by molar-refractivity contribution is 5.89. The quantitative estimate of drug-likeness (QED) is 0.801. The summed E-state index contributed by atoms with van der Waals surface area (Å²) >= 11 is 0. The number of hydrogen-bond acceptors (Lipinski definition) is 5. The van der Waals surface area contributed by atoms with Crippen LogP contribution in [0.2, 0.25) is 0 Å². The highest BCUT2D eigenvalue weighted by Gasteiger charge is 2.15. The van der Waals surface area contributed by atoms with Crippen LogP contribution in [-0.2, 0) is 6.54 Å². The number of aromatic nitrogens is 4. The van der Waals surface area contributed by atoms with E-state index in [2.05, 4.69) is 25.9 Å². The molecule has 114 valence electrons. The second kappa shape index (κ2) is 5.63. The predicted molar refractivity (Wildman–Crippen MR) is 89.3 cm³/mol. The summed E-state index contributed by atoms with van der Waals surface area (Å²) < 4.78 is 0. The van der Waals surface area contributed by atoms with E-state index in [1.54, 1.807) is 0 Å². The van der Waals surface area contributed by atoms with Gasteiger partial charge in [-0.05, 0) is 25.1 Å². The third-order valence-electron chi connectivity index (χ3n) is 3.48. The molecule has 0 aliphatic carbocycles. The van der Waals surface area contributed by atoms with E-state index in [1.165, 1.54) is 0 Å². The van der Waals surface area contributed by atoms with E-state index in [9.17, 15) is 0 Å². The number of nitrogens with zero attached hydrogens (tertiary/aromatic N) is 5. The second-order valence-corrected chi connectivity index (χ2v) is 5.63. The zero-order chi connectivity index (χ0) is 15.7. The van der Waals surface area contributed by atoms with Gasteiger partial charge in [-0.2, -0.15) is 9.97 Å². The van der Waals surface area contributed by atoms with Crippen LogP contribution in [0.15, 0.2) is 30.5 Å². The lowest BCUT2D eigenvalue weighted by Crippen LogP contribution is -2.21. The van der Waals surface area contributed by atoms with E-state index in [0.29, 0.717) is 12.5 Å². The summed E-state index contributed by atoms with van der Waals surface area (Å²) in [4.78, 5) is 21.0. The molecule has 0 atom stereocenters. The molecule has 22 heavy (non-hydrogen) atoms. The summed E-state index contributed by atoms with van der Waals surface area (Å²) in [7, 11) is 5.91. The van der Waals surface area contributed by atoms with Crippen LogP contribution >= 0.6 is 0 Å². The van der Waals surface area contributed by atoms with Crippen LogP contribution in [0, 0.1) is 6.92 Å². The molecule has 0 amide bonds. The number of H-pyrrole nitrogens is 1. The first-order chi connectivity index (χ1) is 10.5. The van der Waals surface area contributed by atoms with Crippen molar-refractivity contribution in [1.82, 2.24) is 19.9 Å². The lowest BCUT2D eigenvalue weighted by molar-refractivity contribution is 0.863. The number of nitrogens with one attached hydrogen (secondary N) is 1. The van der Waals surface area contributed by atoms with Crippen LogP contribution in [0.25, 0.3) is 11.0 Å². The summed E-state index contributed by atoms with van der Waals surface area (Å²) in [6.45, 7) is 2.73. The third-order valence-corrected chi connectivity index (χ3v) is 3.48. The van der Waals surface area contributed by atoms with Crippen molar-refractivity contribution < 1.29 is 0 Å². The van der Waals surface area contributed by atoms with Crippen molar-refractivity contribution in [3.8, 4) is 0 Å². The molecule has 0 spiro atoms. The van der Waals surface area contributed by atoms with Gasteiger partial charge in [0.1, 0.15) is 11.5 Å². The van der Waals surface area contributed by atoms with Gasteiger partial charge in [0.2, 0.25) is 5.95 Å². The van der Waals surface area contributed by atoms with Crippen molar-refractivity contribution in [3.05, 3.63) is 41.9 Å². The molecule has 0 aliphatic heterocycles. The SMILES string of the molecule is Cc1cc2c(N(C)Cc3ccccn3)nc(N(C)C)nc2[nH]1. The smallest absolute Gasteiger partial charge is 0.228 e. The maximum atomic E-state index is 4.70. The number of hydrogen-bond donors (Lipinski definition) is 1. The molecule has 3 aromatic heterocycles. The van der Waals surface area contributed by atoms with E-state index in [-0.39, 0.29) is 0 Å². The van der Waals surface area contributed by atoms with Crippen molar-refractivity contribution in [3.63, 3.8) is 0 Å². The van der Waals surface area contributed by atoms with Crippen LogP contribution < -0.4 is 9.80 Å². The molecule has 0 saturated heterocycles. The van der Waals surface area contributed by atoms with Gasteiger partial charge in [0.25, 0.3) is 0 Å². The summed E-state index contributed by atoms with van der Waals surface area (Å²) in [6, 6.07) is 8.02. The average Bonchev–Trinajstić information content (AvgIpc) is 2.87. The van der Waals surface area contributed by atoms with E-state index < -0.39 is 0 Å². The van der Waals surface area contributed by atoms with Crippen LogP contribution in [-0.4, -0.2) is 41.1 Å². The van der Waals surface area contributed by atoms with Gasteiger partial charge in [-0.15, -0.1) is 0 Å². The van der Waals surface area contributed by atoms with Gasteiger partial charge in [-0.3, -0.25) is 4.98 Å². The Morgan fingerprint density at radius 1 is 1.14 bits per heavy atom. The molecule has 1 N–H and O–H groups in total. The molecule has 0 aromatic carbocycles. The van der Waals surface area contributed by atoms with Gasteiger partial charge in [0.05, 0.1) is 17.6 Å². The molecule has 0 saturated carbocycles. The molecule has 6 heteroatoms. The molecule has 0 fully saturated rings. The van der Waals surface area contributed by atoms with Crippen molar-refractivity contribution >= 4 is 22.8 Å². The lowest BCUT2D eigenvalue weighted by Gasteiger charge is -2.20. The number of aryl methyl sites for hydroxylation is 1. The maximum Gasteiger partial charge on any atom is 0.228 e. The van der Waals surface area contributed by atoms with Gasteiger partial charge >= 0.3 is 0 Å². The van der Waals surface area contributed by atoms with Gasteiger partial charge in [0.15, 0.2) is 0 Å². The average molecular weight is 296 g/mol. The van der Waals surface area contributed by atoms with Crippen molar-refractivity contribution in [2.45, 2.75) is 13.5 Å². The summed E-state index contributed by atoms with van der Waals surface area (Å²) in [5.74, 6) is 1.60. The topological polar surface area (TPSA) is 60.9 Å². The highest BCUT2D eigenvalue weighted by Crippen LogP contribution is 2.26. The Labute approximate surface area is 129 Å². The molecular weight excluding hydrogens is 276 g/mol. The monoisotopic (exact) mass is 296 g/mol. The lowest BCUT2D eigenvalue weighted by atomic mass is 10.3. The standard InChI is InChI=1S/C16H20N6/c1-11-9-13-14(18-11)19-16(21(2)3)20-15(13)22(4)10-12-7-5-6-8-17-12/h5-9H,10H2,1-4H3,(H,18,19,20). The molecule has 0 aliphatic rings. The Balaban J connectivity index is 2.04. The molecule has 3 heterocycles. The minimum Gasteiger partial charge on any atom is -0.353 e. The van der Waals surface area contributed by atoms with E-state index in [1.807, 2.05) is 57.4 Å². The molecule has 0 bridgehead atoms. The van der Waals surface area contributed by atoms with E-state index >= 15 is 0 Å². The van der Waals surface area contributed by atoms with Crippen LogP contribution in [0.5, 0.6) is 0 Å². The Kier molecular flexibility index (Phi) is 3.66. The fourth-order valence-electron chi connectivity index (χ4n) is 2.41. The van der Waals surface area contributed by atoms with Gasteiger partial charge < -0.3 is 14.8 Å². The Morgan fingerprint density at radius 2 is 1.95 bits per heavy atom. The summed E-state index contributed by atoms with van der Waals surface area (Å²) in [5.41, 5.74) is 2.95. The number of aromatic amines is 1. The molecule has 0 unspecified atom stereocenters. The predicted octanol–water partition coefficient (Wildman–Crippen LogP) is 2.36. The third kappa shape index (κ3) is 2.72. The van der Waals surface area contributed by atoms with Crippen molar-refractivity contribution in [2.75, 3.05) is 30.9 Å². The molecular formula is C16H20N6. The van der Waals surface area contributed by atoms with Crippen LogP contribution in [0.4, 0.5) is 11.8 Å². The highest BCUT2D eigenvalue weighted by atomic mass is 15.3. The Hall–Kier alpha value is -2.63. The molecule has 0 radical (unpaired) electrons. The van der Waals surface area contributed by atoms with Crippen molar-refractivity contribution in [2.24, 2.45) is 0 Å². The fraction of sp³-hybridized carbons (Fsp3) is 0.312. The second-order valence-electron chi connectivity index (χ2n) is 5.63. The fourth-order valence-corrected chi connectivity index (χ4v) is 2.41. The zero-order valence-electron chi connectivity index (χ0n) is 13.3. The first-order valence-electron chi connectivity index (χ1n) is 7.20. The minimum absolute atomic E-state index is 0.692. The maximum absolute atomic E-state index is 4.70. The number of anilines is 2. The van der Waals surface area contributed by atoms with Gasteiger partial charge in [0, 0.05) is 33.0 Å². The number of fused-ring (bicyclic) bond motifs is 1. The molecule has 6 nitrogen and oxygen atoms in total. The largest absolute Gasteiger partial charge is 0.353 e.